The van der Waals surface area contributed by atoms with Crippen LogP contribution in [0.15, 0.2) is 41.8 Å². The summed E-state index contributed by atoms with van der Waals surface area (Å²) in [6.07, 6.45) is 4.03. The number of aryl methyl sites for hydroxylation is 1. The molecular weight excluding hydrogens is 224 g/mol. The van der Waals surface area contributed by atoms with Crippen LogP contribution in [-0.2, 0) is 6.54 Å². The van der Waals surface area contributed by atoms with Crippen LogP contribution in [-0.4, -0.2) is 9.55 Å². The fourth-order valence-corrected chi connectivity index (χ4v) is 1.92. The van der Waals surface area contributed by atoms with Crippen molar-refractivity contribution in [2.45, 2.75) is 13.0 Å². The lowest BCUT2D eigenvalue weighted by Crippen LogP contribution is -2.22. The molecule has 0 spiro atoms. The monoisotopic (exact) mass is 234 g/mol. The maximum Gasteiger partial charge on any atom is 0.348 e. The first-order valence-corrected chi connectivity index (χ1v) is 5.37. The average Bonchev–Trinajstić information content (AvgIpc) is 2.28. The highest BCUT2D eigenvalue weighted by atomic mass is 35.5. The Hall–Kier alpha value is -1.61. The van der Waals surface area contributed by atoms with Crippen molar-refractivity contribution < 1.29 is 0 Å². The number of rotatable bonds is 3. The molecule has 3 nitrogen and oxygen atoms in total. The zero-order chi connectivity index (χ0) is 11.5. The van der Waals surface area contributed by atoms with Gasteiger partial charge in [0.15, 0.2) is 0 Å². The Bertz CT molecular complexity index is 589. The van der Waals surface area contributed by atoms with Crippen molar-refractivity contribution in [3.8, 4) is 0 Å². The number of halogens is 1. The lowest BCUT2D eigenvalue weighted by atomic mass is 10.2. The number of benzene rings is 1. The Morgan fingerprint density at radius 1 is 1.50 bits per heavy atom. The number of fused-ring (bicyclic) bond motifs is 1. The van der Waals surface area contributed by atoms with Crippen molar-refractivity contribution in [2.75, 3.05) is 0 Å². The molecule has 16 heavy (non-hydrogen) atoms. The molecule has 0 amide bonds. The highest BCUT2D eigenvalue weighted by Gasteiger charge is 2.06. The molecule has 0 radical (unpaired) electrons. The normalized spacial score (nSPS) is 10.6. The van der Waals surface area contributed by atoms with Gasteiger partial charge in [0.05, 0.1) is 10.5 Å². The van der Waals surface area contributed by atoms with Crippen molar-refractivity contribution >= 4 is 22.5 Å². The van der Waals surface area contributed by atoms with Crippen LogP contribution in [0.1, 0.15) is 6.42 Å². The van der Waals surface area contributed by atoms with E-state index in [1.807, 2.05) is 12.1 Å². The topological polar surface area (TPSA) is 34.9 Å². The van der Waals surface area contributed by atoms with Gasteiger partial charge in [-0.25, -0.2) is 9.78 Å². The average molecular weight is 235 g/mol. The van der Waals surface area contributed by atoms with E-state index in [9.17, 15) is 4.79 Å². The first kappa shape index (κ1) is 10.9. The van der Waals surface area contributed by atoms with E-state index in [4.69, 9.17) is 11.6 Å². The van der Waals surface area contributed by atoms with E-state index in [1.165, 1.54) is 0 Å². The van der Waals surface area contributed by atoms with Gasteiger partial charge in [0.1, 0.15) is 0 Å². The summed E-state index contributed by atoms with van der Waals surface area (Å²) in [5.74, 6) is 0. The molecule has 0 atom stereocenters. The van der Waals surface area contributed by atoms with Crippen LogP contribution in [0.25, 0.3) is 10.9 Å². The molecule has 1 aromatic carbocycles. The molecule has 2 rings (SSSR count). The summed E-state index contributed by atoms with van der Waals surface area (Å²) in [6.45, 7) is 4.19. The third-order valence-electron chi connectivity index (χ3n) is 2.39. The van der Waals surface area contributed by atoms with Crippen molar-refractivity contribution in [3.05, 3.63) is 52.6 Å². The molecule has 0 unspecified atom stereocenters. The fraction of sp³-hybridized carbons (Fsp3) is 0.167. The van der Waals surface area contributed by atoms with E-state index >= 15 is 0 Å². The molecule has 0 N–H and O–H groups in total. The van der Waals surface area contributed by atoms with E-state index < -0.39 is 0 Å². The van der Waals surface area contributed by atoms with Gasteiger partial charge >= 0.3 is 5.69 Å². The second-order valence-corrected chi connectivity index (χ2v) is 3.85. The molecule has 0 aliphatic carbocycles. The molecule has 0 fully saturated rings. The number of nitrogens with zero attached hydrogens (tertiary/aromatic N) is 2. The minimum Gasteiger partial charge on any atom is -0.290 e. The highest BCUT2D eigenvalue weighted by Crippen LogP contribution is 2.21. The van der Waals surface area contributed by atoms with Crippen molar-refractivity contribution in [1.82, 2.24) is 9.55 Å². The van der Waals surface area contributed by atoms with Gasteiger partial charge in [-0.1, -0.05) is 29.8 Å². The highest BCUT2D eigenvalue weighted by molar-refractivity contribution is 6.35. The molecule has 1 aromatic heterocycles. The molecule has 0 aliphatic rings. The zero-order valence-electron chi connectivity index (χ0n) is 8.69. The van der Waals surface area contributed by atoms with Crippen molar-refractivity contribution in [2.24, 2.45) is 0 Å². The number of para-hydroxylation sites is 1. The van der Waals surface area contributed by atoms with Crippen LogP contribution in [0.3, 0.4) is 0 Å². The first-order chi connectivity index (χ1) is 7.74. The Kier molecular flexibility index (Phi) is 3.06. The van der Waals surface area contributed by atoms with Gasteiger partial charge in [0.2, 0.25) is 0 Å². The van der Waals surface area contributed by atoms with Crippen LogP contribution >= 0.6 is 11.6 Å². The quantitative estimate of drug-likeness (QED) is 0.766. The van der Waals surface area contributed by atoms with Crippen LogP contribution in [0.4, 0.5) is 0 Å². The predicted molar refractivity (Wildman–Crippen MR) is 65.8 cm³/mol. The summed E-state index contributed by atoms with van der Waals surface area (Å²) < 4.78 is 1.58. The molecule has 0 saturated heterocycles. The van der Waals surface area contributed by atoms with Crippen LogP contribution in [0, 0.1) is 0 Å². The van der Waals surface area contributed by atoms with Crippen molar-refractivity contribution in [1.29, 1.82) is 0 Å². The Morgan fingerprint density at radius 2 is 2.31 bits per heavy atom. The first-order valence-electron chi connectivity index (χ1n) is 4.99. The van der Waals surface area contributed by atoms with E-state index in [0.29, 0.717) is 18.0 Å². The maximum absolute atomic E-state index is 11.7. The standard InChI is InChI=1S/C12H11ClN2O/c1-2-3-7-15-11-9(8-14-12(15)16)5-4-6-10(11)13/h2,4-6,8H,1,3,7H2. The molecule has 82 valence electrons. The largest absolute Gasteiger partial charge is 0.348 e. The molecule has 2 aromatic rings. The summed E-state index contributed by atoms with van der Waals surface area (Å²) in [5, 5.41) is 1.44. The van der Waals surface area contributed by atoms with Gasteiger partial charge in [-0.15, -0.1) is 6.58 Å². The second-order valence-electron chi connectivity index (χ2n) is 3.45. The summed E-state index contributed by atoms with van der Waals surface area (Å²) in [7, 11) is 0. The molecule has 4 heteroatoms. The number of allylic oxidation sites excluding steroid dienone is 1. The predicted octanol–water partition coefficient (Wildman–Crippen LogP) is 2.63. The Labute approximate surface area is 98.0 Å². The van der Waals surface area contributed by atoms with Gasteiger partial charge in [-0.3, -0.25) is 4.57 Å². The summed E-state index contributed by atoms with van der Waals surface area (Å²) in [5.41, 5.74) is 0.466. The number of aromatic nitrogens is 2. The van der Waals surface area contributed by atoms with E-state index in [2.05, 4.69) is 11.6 Å². The van der Waals surface area contributed by atoms with Crippen LogP contribution < -0.4 is 5.69 Å². The molecular formula is C12H11ClN2O. The van der Waals surface area contributed by atoms with Crippen molar-refractivity contribution in [3.63, 3.8) is 0 Å². The number of hydrogen-bond donors (Lipinski definition) is 0. The van der Waals surface area contributed by atoms with E-state index in [1.54, 1.807) is 22.9 Å². The van der Waals surface area contributed by atoms with Gasteiger partial charge < -0.3 is 0 Å². The lowest BCUT2D eigenvalue weighted by Gasteiger charge is -2.08. The molecule has 0 bridgehead atoms. The Morgan fingerprint density at radius 3 is 3.06 bits per heavy atom. The van der Waals surface area contributed by atoms with E-state index in [-0.39, 0.29) is 5.69 Å². The maximum atomic E-state index is 11.7. The number of hydrogen-bond acceptors (Lipinski definition) is 2. The summed E-state index contributed by atoms with van der Waals surface area (Å²) in [4.78, 5) is 15.5. The molecule has 1 heterocycles. The molecule has 0 aliphatic heterocycles. The van der Waals surface area contributed by atoms with E-state index in [0.717, 1.165) is 10.9 Å². The van der Waals surface area contributed by atoms with Gasteiger partial charge in [-0.05, 0) is 12.5 Å². The van der Waals surface area contributed by atoms with Crippen LogP contribution in [0.5, 0.6) is 0 Å². The third-order valence-corrected chi connectivity index (χ3v) is 2.69. The summed E-state index contributed by atoms with van der Waals surface area (Å²) >= 11 is 6.10. The zero-order valence-corrected chi connectivity index (χ0v) is 9.44. The summed E-state index contributed by atoms with van der Waals surface area (Å²) in [6, 6.07) is 5.50. The lowest BCUT2D eigenvalue weighted by molar-refractivity contribution is 0.687. The third kappa shape index (κ3) is 1.86. The van der Waals surface area contributed by atoms with Crippen LogP contribution in [0.2, 0.25) is 5.02 Å². The van der Waals surface area contributed by atoms with Gasteiger partial charge in [-0.2, -0.15) is 0 Å². The second kappa shape index (κ2) is 4.49. The minimum atomic E-state index is -0.276. The minimum absolute atomic E-state index is 0.276. The van der Waals surface area contributed by atoms with Gasteiger partial charge in [0, 0.05) is 18.1 Å². The molecule has 0 saturated carbocycles. The SMILES string of the molecule is C=CCCn1c(=O)ncc2cccc(Cl)c21. The fourth-order valence-electron chi connectivity index (χ4n) is 1.64. The van der Waals surface area contributed by atoms with Gasteiger partial charge in [0.25, 0.3) is 0 Å². The smallest absolute Gasteiger partial charge is 0.290 e. The Balaban J connectivity index is 2.72.